The van der Waals surface area contributed by atoms with Crippen LogP contribution in [0, 0.1) is 11.8 Å². The molecule has 0 aromatic heterocycles. The van der Waals surface area contributed by atoms with Crippen molar-refractivity contribution in [3.8, 4) is 0 Å². The van der Waals surface area contributed by atoms with Crippen molar-refractivity contribution in [3.05, 3.63) is 0 Å². The van der Waals surface area contributed by atoms with Crippen LogP contribution in [0.3, 0.4) is 0 Å². The highest BCUT2D eigenvalue weighted by Gasteiger charge is 2.25. The van der Waals surface area contributed by atoms with Crippen LogP contribution in [0.1, 0.15) is 46.5 Å². The predicted octanol–water partition coefficient (Wildman–Crippen LogP) is 1.68. The molecular formula is C14H28N2O2. The molecule has 1 aliphatic carbocycles. The summed E-state index contributed by atoms with van der Waals surface area (Å²) < 4.78 is 5.74. The van der Waals surface area contributed by atoms with Gasteiger partial charge in [0.1, 0.15) is 6.61 Å². The van der Waals surface area contributed by atoms with E-state index in [2.05, 4.69) is 19.2 Å². The average molecular weight is 256 g/mol. The molecule has 1 rings (SSSR count). The standard InChI is InChI=1S/C14H28N2O2/c1-10(2)11(3)16-14(17)9-18-13-7-5-4-6-12(13)8-15/h10-13H,4-9,15H2,1-3H3,(H,16,17). The van der Waals surface area contributed by atoms with Crippen LogP contribution in [0.2, 0.25) is 0 Å². The molecule has 3 N–H and O–H groups in total. The molecule has 106 valence electrons. The first kappa shape index (κ1) is 15.4. The van der Waals surface area contributed by atoms with E-state index < -0.39 is 0 Å². The average Bonchev–Trinajstić information content (AvgIpc) is 2.36. The van der Waals surface area contributed by atoms with E-state index in [0.717, 1.165) is 12.8 Å². The Kier molecular flexibility index (Phi) is 6.65. The molecule has 1 saturated carbocycles. The molecule has 3 unspecified atom stereocenters. The lowest BCUT2D eigenvalue weighted by molar-refractivity contribution is -0.130. The first-order chi connectivity index (χ1) is 8.54. The highest BCUT2D eigenvalue weighted by Crippen LogP contribution is 2.25. The zero-order valence-electron chi connectivity index (χ0n) is 11.9. The predicted molar refractivity (Wildman–Crippen MR) is 73.2 cm³/mol. The minimum Gasteiger partial charge on any atom is -0.368 e. The van der Waals surface area contributed by atoms with Crippen LogP contribution in [0.25, 0.3) is 0 Å². The van der Waals surface area contributed by atoms with Crippen LogP contribution in [-0.4, -0.2) is 31.2 Å². The zero-order chi connectivity index (χ0) is 13.5. The van der Waals surface area contributed by atoms with Crippen molar-refractivity contribution in [1.82, 2.24) is 5.32 Å². The highest BCUT2D eigenvalue weighted by molar-refractivity contribution is 5.77. The fourth-order valence-electron chi connectivity index (χ4n) is 2.31. The quantitative estimate of drug-likeness (QED) is 0.760. The van der Waals surface area contributed by atoms with Gasteiger partial charge in [-0.1, -0.05) is 26.7 Å². The molecule has 3 atom stereocenters. The van der Waals surface area contributed by atoms with E-state index in [-0.39, 0.29) is 24.7 Å². The summed E-state index contributed by atoms with van der Waals surface area (Å²) in [5, 5.41) is 2.96. The summed E-state index contributed by atoms with van der Waals surface area (Å²) in [7, 11) is 0. The molecule has 0 spiro atoms. The van der Waals surface area contributed by atoms with E-state index in [1.165, 1.54) is 12.8 Å². The summed E-state index contributed by atoms with van der Waals surface area (Å²) in [4.78, 5) is 11.7. The SMILES string of the molecule is CC(C)C(C)NC(=O)COC1CCCCC1CN. The lowest BCUT2D eigenvalue weighted by Gasteiger charge is -2.30. The minimum absolute atomic E-state index is 0.0162. The molecule has 0 aromatic rings. The monoisotopic (exact) mass is 256 g/mol. The van der Waals surface area contributed by atoms with Crippen molar-refractivity contribution in [3.63, 3.8) is 0 Å². The van der Waals surface area contributed by atoms with Gasteiger partial charge in [-0.3, -0.25) is 4.79 Å². The second-order valence-electron chi connectivity index (χ2n) is 5.73. The van der Waals surface area contributed by atoms with Crippen LogP contribution in [0.15, 0.2) is 0 Å². The second-order valence-corrected chi connectivity index (χ2v) is 5.73. The maximum Gasteiger partial charge on any atom is 0.246 e. The van der Waals surface area contributed by atoms with Gasteiger partial charge in [-0.2, -0.15) is 0 Å². The molecule has 0 bridgehead atoms. The summed E-state index contributed by atoms with van der Waals surface area (Å²) in [5.74, 6) is 0.854. The van der Waals surface area contributed by atoms with E-state index >= 15 is 0 Å². The molecule has 0 aliphatic heterocycles. The molecule has 0 aromatic carbocycles. The van der Waals surface area contributed by atoms with E-state index in [0.29, 0.717) is 18.4 Å². The summed E-state index contributed by atoms with van der Waals surface area (Å²) >= 11 is 0. The van der Waals surface area contributed by atoms with Gasteiger partial charge in [0, 0.05) is 6.04 Å². The largest absolute Gasteiger partial charge is 0.368 e. The number of ether oxygens (including phenoxy) is 1. The molecule has 1 fully saturated rings. The van der Waals surface area contributed by atoms with Gasteiger partial charge < -0.3 is 15.8 Å². The topological polar surface area (TPSA) is 64.3 Å². The molecule has 1 aliphatic rings. The fraction of sp³-hybridized carbons (Fsp3) is 0.929. The summed E-state index contributed by atoms with van der Waals surface area (Å²) in [6.07, 6.45) is 4.76. The number of nitrogens with one attached hydrogen (secondary N) is 1. The van der Waals surface area contributed by atoms with Gasteiger partial charge in [-0.05, 0) is 38.1 Å². The Labute approximate surface area is 111 Å². The van der Waals surface area contributed by atoms with Crippen LogP contribution >= 0.6 is 0 Å². The molecule has 4 nitrogen and oxygen atoms in total. The molecule has 1 amide bonds. The van der Waals surface area contributed by atoms with Gasteiger partial charge in [0.15, 0.2) is 0 Å². The Bertz CT molecular complexity index is 256. The van der Waals surface area contributed by atoms with Crippen molar-refractivity contribution < 1.29 is 9.53 Å². The maximum atomic E-state index is 11.7. The van der Waals surface area contributed by atoms with Crippen LogP contribution in [0.5, 0.6) is 0 Å². The number of carbonyl (C=O) groups excluding carboxylic acids is 1. The van der Waals surface area contributed by atoms with Crippen molar-refractivity contribution in [2.45, 2.75) is 58.6 Å². The van der Waals surface area contributed by atoms with Gasteiger partial charge in [0.25, 0.3) is 0 Å². The van der Waals surface area contributed by atoms with Crippen molar-refractivity contribution >= 4 is 5.91 Å². The lowest BCUT2D eigenvalue weighted by Crippen LogP contribution is -2.41. The number of rotatable bonds is 6. The van der Waals surface area contributed by atoms with Gasteiger partial charge in [0.2, 0.25) is 5.91 Å². The minimum atomic E-state index is -0.0162. The second kappa shape index (κ2) is 7.74. The number of hydrogen-bond donors (Lipinski definition) is 2. The van der Waals surface area contributed by atoms with E-state index in [9.17, 15) is 4.79 Å². The number of amides is 1. The Hall–Kier alpha value is -0.610. The number of nitrogens with two attached hydrogens (primary N) is 1. The number of carbonyl (C=O) groups is 1. The zero-order valence-corrected chi connectivity index (χ0v) is 11.9. The van der Waals surface area contributed by atoms with Crippen LogP contribution in [0.4, 0.5) is 0 Å². The molecule has 18 heavy (non-hydrogen) atoms. The third-order valence-corrected chi connectivity index (χ3v) is 3.96. The molecule has 0 radical (unpaired) electrons. The van der Waals surface area contributed by atoms with Crippen molar-refractivity contribution in [2.75, 3.05) is 13.2 Å². The van der Waals surface area contributed by atoms with E-state index in [1.54, 1.807) is 0 Å². The lowest BCUT2D eigenvalue weighted by atomic mass is 9.86. The molecular weight excluding hydrogens is 228 g/mol. The number of hydrogen-bond acceptors (Lipinski definition) is 3. The van der Waals surface area contributed by atoms with E-state index in [4.69, 9.17) is 10.5 Å². The third-order valence-electron chi connectivity index (χ3n) is 3.96. The van der Waals surface area contributed by atoms with Gasteiger partial charge in [0.05, 0.1) is 6.10 Å². The van der Waals surface area contributed by atoms with Gasteiger partial charge in [-0.25, -0.2) is 0 Å². The highest BCUT2D eigenvalue weighted by atomic mass is 16.5. The Morgan fingerprint density at radius 1 is 1.33 bits per heavy atom. The summed E-state index contributed by atoms with van der Waals surface area (Å²) in [6.45, 7) is 7.04. The first-order valence-corrected chi connectivity index (χ1v) is 7.15. The summed E-state index contributed by atoms with van der Waals surface area (Å²) in [6, 6.07) is 0.192. The normalized spacial score (nSPS) is 26.1. The summed E-state index contributed by atoms with van der Waals surface area (Å²) in [5.41, 5.74) is 5.74. The smallest absolute Gasteiger partial charge is 0.246 e. The van der Waals surface area contributed by atoms with Gasteiger partial charge in [-0.15, -0.1) is 0 Å². The van der Waals surface area contributed by atoms with Crippen molar-refractivity contribution in [1.29, 1.82) is 0 Å². The van der Waals surface area contributed by atoms with E-state index in [1.807, 2.05) is 6.92 Å². The Balaban J connectivity index is 2.28. The molecule has 0 saturated heterocycles. The molecule has 0 heterocycles. The molecule has 4 heteroatoms. The van der Waals surface area contributed by atoms with Crippen molar-refractivity contribution in [2.24, 2.45) is 17.6 Å². The maximum absolute atomic E-state index is 11.7. The fourth-order valence-corrected chi connectivity index (χ4v) is 2.31. The van der Waals surface area contributed by atoms with Gasteiger partial charge >= 0.3 is 0 Å². The van der Waals surface area contributed by atoms with Crippen LogP contribution < -0.4 is 11.1 Å². The Morgan fingerprint density at radius 3 is 2.61 bits per heavy atom. The third kappa shape index (κ3) is 4.94. The first-order valence-electron chi connectivity index (χ1n) is 7.15. The van der Waals surface area contributed by atoms with Crippen LogP contribution in [-0.2, 0) is 9.53 Å². The Morgan fingerprint density at radius 2 is 2.00 bits per heavy atom.